The number of rotatable bonds is 6. The van der Waals surface area contributed by atoms with Crippen LogP contribution in [0.4, 0.5) is 0 Å². The number of carbonyl (C=O) groups is 1. The molecule has 74 valence electrons. The molecular weight excluding hydrogens is 178 g/mol. The predicted octanol–water partition coefficient (Wildman–Crippen LogP) is 1.65. The van der Waals surface area contributed by atoms with Crippen molar-refractivity contribution >= 4 is 18.4 Å². The first-order valence-corrected chi connectivity index (χ1v) is 4.12. The highest BCUT2D eigenvalue weighted by atomic mass is 35.5. The number of carboxylic acids is 1. The fourth-order valence-corrected chi connectivity index (χ4v) is 1.24. The molecule has 3 N–H and O–H groups in total. The maximum atomic E-state index is 10.3. The zero-order chi connectivity index (χ0) is 8.69. The highest BCUT2D eigenvalue weighted by molar-refractivity contribution is 5.85. The summed E-state index contributed by atoms with van der Waals surface area (Å²) in [7, 11) is 0. The maximum Gasteiger partial charge on any atom is 0.303 e. The van der Waals surface area contributed by atoms with Crippen LogP contribution in [0, 0.1) is 5.92 Å². The molecule has 0 amide bonds. The molecule has 3 nitrogen and oxygen atoms in total. The average molecular weight is 196 g/mol. The first kappa shape index (κ1) is 14.3. The van der Waals surface area contributed by atoms with Crippen LogP contribution in [-0.2, 0) is 4.79 Å². The van der Waals surface area contributed by atoms with Gasteiger partial charge in [0.05, 0.1) is 0 Å². The molecule has 0 rings (SSSR count). The topological polar surface area (TPSA) is 63.3 Å². The van der Waals surface area contributed by atoms with E-state index in [1.54, 1.807) is 0 Å². The number of carboxylic acid groups (broad SMARTS) is 1. The normalized spacial score (nSPS) is 11.8. The summed E-state index contributed by atoms with van der Waals surface area (Å²) < 4.78 is 0. The molecule has 0 fully saturated rings. The molecule has 0 aliphatic heterocycles. The van der Waals surface area contributed by atoms with Crippen LogP contribution in [-0.4, -0.2) is 17.6 Å². The molecule has 0 aliphatic carbocycles. The van der Waals surface area contributed by atoms with Gasteiger partial charge in [-0.25, -0.2) is 0 Å². The number of hydrogen-bond donors (Lipinski definition) is 2. The Labute approximate surface area is 79.7 Å². The van der Waals surface area contributed by atoms with Crippen LogP contribution in [0.2, 0.25) is 0 Å². The zero-order valence-corrected chi connectivity index (χ0v) is 8.27. The average Bonchev–Trinajstić information content (AvgIpc) is 1.87. The summed E-state index contributed by atoms with van der Waals surface area (Å²) in [6.07, 6.45) is 3.12. The summed E-state index contributed by atoms with van der Waals surface area (Å²) >= 11 is 0. The Morgan fingerprint density at radius 3 is 2.42 bits per heavy atom. The summed E-state index contributed by atoms with van der Waals surface area (Å²) in [6, 6.07) is 0. The first-order valence-electron chi connectivity index (χ1n) is 4.12. The van der Waals surface area contributed by atoms with Gasteiger partial charge in [0.15, 0.2) is 0 Å². The van der Waals surface area contributed by atoms with Gasteiger partial charge in [-0.15, -0.1) is 12.4 Å². The number of halogens is 1. The molecule has 0 aliphatic rings. The third-order valence-corrected chi connectivity index (χ3v) is 1.74. The van der Waals surface area contributed by atoms with Crippen molar-refractivity contribution in [3.8, 4) is 0 Å². The molecule has 1 atom stereocenters. The van der Waals surface area contributed by atoms with Gasteiger partial charge in [0.25, 0.3) is 0 Å². The second kappa shape index (κ2) is 8.81. The van der Waals surface area contributed by atoms with Gasteiger partial charge < -0.3 is 10.8 Å². The Kier molecular flexibility index (Phi) is 10.5. The molecule has 0 aromatic rings. The third-order valence-electron chi connectivity index (χ3n) is 1.74. The van der Waals surface area contributed by atoms with Crippen LogP contribution in [0.5, 0.6) is 0 Å². The van der Waals surface area contributed by atoms with Crippen molar-refractivity contribution in [2.75, 3.05) is 6.54 Å². The molecule has 0 heterocycles. The minimum absolute atomic E-state index is 0. The van der Waals surface area contributed by atoms with Crippen molar-refractivity contribution in [3.63, 3.8) is 0 Å². The van der Waals surface area contributed by atoms with E-state index in [4.69, 9.17) is 10.8 Å². The Morgan fingerprint density at radius 1 is 1.50 bits per heavy atom. The van der Waals surface area contributed by atoms with E-state index in [1.807, 2.05) is 0 Å². The highest BCUT2D eigenvalue weighted by Gasteiger charge is 2.10. The molecule has 0 saturated carbocycles. The Balaban J connectivity index is 0. The lowest BCUT2D eigenvalue weighted by molar-refractivity contribution is -0.138. The lowest BCUT2D eigenvalue weighted by Gasteiger charge is -2.11. The maximum absolute atomic E-state index is 10.3. The monoisotopic (exact) mass is 195 g/mol. The van der Waals surface area contributed by atoms with Gasteiger partial charge in [-0.05, 0) is 18.9 Å². The van der Waals surface area contributed by atoms with E-state index in [0.717, 1.165) is 19.3 Å². The van der Waals surface area contributed by atoms with Crippen LogP contribution in [0.25, 0.3) is 0 Å². The summed E-state index contributed by atoms with van der Waals surface area (Å²) in [5, 5.41) is 8.50. The summed E-state index contributed by atoms with van der Waals surface area (Å²) in [6.45, 7) is 2.66. The Hall–Kier alpha value is -0.280. The van der Waals surface area contributed by atoms with Gasteiger partial charge >= 0.3 is 5.97 Å². The molecule has 0 radical (unpaired) electrons. The van der Waals surface area contributed by atoms with E-state index in [2.05, 4.69) is 6.92 Å². The van der Waals surface area contributed by atoms with Crippen molar-refractivity contribution in [1.29, 1.82) is 0 Å². The van der Waals surface area contributed by atoms with Crippen molar-refractivity contribution < 1.29 is 9.90 Å². The zero-order valence-electron chi connectivity index (χ0n) is 7.45. The number of aliphatic carboxylic acids is 1. The Bertz CT molecular complexity index is 114. The summed E-state index contributed by atoms with van der Waals surface area (Å²) in [5.74, 6) is -0.431. The lowest BCUT2D eigenvalue weighted by atomic mass is 9.96. The van der Waals surface area contributed by atoms with E-state index < -0.39 is 5.97 Å². The van der Waals surface area contributed by atoms with Crippen LogP contribution in [0.1, 0.15) is 32.6 Å². The SMILES string of the molecule is CCCC(CCN)CC(=O)O.Cl. The van der Waals surface area contributed by atoms with Crippen LogP contribution in [0.15, 0.2) is 0 Å². The highest BCUT2D eigenvalue weighted by Crippen LogP contribution is 2.14. The smallest absolute Gasteiger partial charge is 0.303 e. The fraction of sp³-hybridized carbons (Fsp3) is 0.875. The second-order valence-electron chi connectivity index (χ2n) is 2.83. The molecule has 1 unspecified atom stereocenters. The van der Waals surface area contributed by atoms with Crippen molar-refractivity contribution in [3.05, 3.63) is 0 Å². The van der Waals surface area contributed by atoms with Gasteiger partial charge in [-0.2, -0.15) is 0 Å². The van der Waals surface area contributed by atoms with Crippen molar-refractivity contribution in [2.24, 2.45) is 11.7 Å². The summed E-state index contributed by atoms with van der Waals surface area (Å²) in [5.41, 5.74) is 5.34. The molecule has 0 bridgehead atoms. The molecule has 4 heteroatoms. The second-order valence-corrected chi connectivity index (χ2v) is 2.83. The lowest BCUT2D eigenvalue weighted by Crippen LogP contribution is -2.12. The first-order chi connectivity index (χ1) is 5.20. The van der Waals surface area contributed by atoms with Gasteiger partial charge in [0.1, 0.15) is 0 Å². The quantitative estimate of drug-likeness (QED) is 0.678. The molecule has 0 aromatic carbocycles. The molecule has 12 heavy (non-hydrogen) atoms. The molecule has 0 saturated heterocycles. The van der Waals surface area contributed by atoms with E-state index in [0.29, 0.717) is 6.54 Å². The van der Waals surface area contributed by atoms with Gasteiger partial charge in [-0.3, -0.25) is 4.79 Å². The predicted molar refractivity (Wildman–Crippen MR) is 51.6 cm³/mol. The van der Waals surface area contributed by atoms with Crippen LogP contribution < -0.4 is 5.73 Å². The fourth-order valence-electron chi connectivity index (χ4n) is 1.24. The van der Waals surface area contributed by atoms with Crippen molar-refractivity contribution in [1.82, 2.24) is 0 Å². The van der Waals surface area contributed by atoms with E-state index >= 15 is 0 Å². The molecule has 0 spiro atoms. The minimum Gasteiger partial charge on any atom is -0.481 e. The van der Waals surface area contributed by atoms with E-state index in [9.17, 15) is 4.79 Å². The van der Waals surface area contributed by atoms with Crippen LogP contribution in [0.3, 0.4) is 0 Å². The van der Waals surface area contributed by atoms with E-state index in [1.165, 1.54) is 0 Å². The molecular formula is C8H18ClNO2. The number of hydrogen-bond acceptors (Lipinski definition) is 2. The van der Waals surface area contributed by atoms with Gasteiger partial charge in [-0.1, -0.05) is 19.8 Å². The largest absolute Gasteiger partial charge is 0.481 e. The molecule has 0 aromatic heterocycles. The number of nitrogens with two attached hydrogens (primary N) is 1. The van der Waals surface area contributed by atoms with Gasteiger partial charge in [0, 0.05) is 6.42 Å². The van der Waals surface area contributed by atoms with Crippen molar-refractivity contribution in [2.45, 2.75) is 32.6 Å². The standard InChI is InChI=1S/C8H17NO2.ClH/c1-2-3-7(4-5-9)6-8(10)11;/h7H,2-6,9H2,1H3,(H,10,11);1H. The summed E-state index contributed by atoms with van der Waals surface area (Å²) in [4.78, 5) is 10.3. The van der Waals surface area contributed by atoms with E-state index in [-0.39, 0.29) is 24.7 Å². The Morgan fingerprint density at radius 2 is 2.08 bits per heavy atom. The van der Waals surface area contributed by atoms with Gasteiger partial charge in [0.2, 0.25) is 0 Å². The minimum atomic E-state index is -0.711. The third kappa shape index (κ3) is 7.82. The van der Waals surface area contributed by atoms with Crippen LogP contribution >= 0.6 is 12.4 Å².